The molecule has 25 heavy (non-hydrogen) atoms. The molecule has 0 bridgehead atoms. The summed E-state index contributed by atoms with van der Waals surface area (Å²) in [6.45, 7) is 6.36. The zero-order valence-electron chi connectivity index (χ0n) is 14.7. The minimum atomic E-state index is 0.0779. The molecule has 1 aromatic carbocycles. The first-order valence-electron chi connectivity index (χ1n) is 8.78. The molecule has 0 spiro atoms. The maximum atomic E-state index is 12.5. The van der Waals surface area contributed by atoms with Gasteiger partial charge in [0.1, 0.15) is 12.7 Å². The van der Waals surface area contributed by atoms with E-state index in [1.165, 1.54) is 11.9 Å². The molecule has 1 amide bonds. The van der Waals surface area contributed by atoms with Crippen molar-refractivity contribution in [3.8, 4) is 0 Å². The van der Waals surface area contributed by atoms with Gasteiger partial charge in [0.25, 0.3) is 0 Å². The standard InChI is InChI=1S/C19H25N5O/c1-17-13-22(14-18-7-3-2-4-8-18)10-6-12-24(17)19(25)9-5-11-23-16-20-15-21-23/h2-5,7-9,15-17H,6,10-14H2,1H3. The van der Waals surface area contributed by atoms with Crippen molar-refractivity contribution in [3.63, 3.8) is 0 Å². The molecular weight excluding hydrogens is 314 g/mol. The smallest absolute Gasteiger partial charge is 0.246 e. The third kappa shape index (κ3) is 5.00. The quantitative estimate of drug-likeness (QED) is 0.782. The van der Waals surface area contributed by atoms with Crippen LogP contribution >= 0.6 is 0 Å². The first-order chi connectivity index (χ1) is 12.2. The van der Waals surface area contributed by atoms with Gasteiger partial charge in [-0.1, -0.05) is 36.4 Å². The van der Waals surface area contributed by atoms with Gasteiger partial charge in [-0.2, -0.15) is 5.10 Å². The molecule has 0 N–H and O–H groups in total. The van der Waals surface area contributed by atoms with Gasteiger partial charge in [-0.05, 0) is 18.9 Å². The molecule has 132 valence electrons. The van der Waals surface area contributed by atoms with Crippen molar-refractivity contribution in [1.29, 1.82) is 0 Å². The van der Waals surface area contributed by atoms with Crippen molar-refractivity contribution in [3.05, 3.63) is 60.7 Å². The van der Waals surface area contributed by atoms with Gasteiger partial charge in [-0.3, -0.25) is 9.69 Å². The third-order valence-corrected chi connectivity index (χ3v) is 4.48. The Kier molecular flexibility index (Phi) is 5.95. The molecule has 1 aromatic heterocycles. The highest BCUT2D eigenvalue weighted by atomic mass is 16.2. The van der Waals surface area contributed by atoms with Crippen LogP contribution in [-0.2, 0) is 17.9 Å². The molecule has 2 aromatic rings. The number of allylic oxidation sites excluding steroid dienone is 1. The van der Waals surface area contributed by atoms with Crippen LogP contribution in [0.1, 0.15) is 18.9 Å². The molecule has 3 rings (SSSR count). The Morgan fingerprint density at radius 1 is 1.28 bits per heavy atom. The number of nitrogens with zero attached hydrogens (tertiary/aromatic N) is 5. The van der Waals surface area contributed by atoms with Crippen LogP contribution in [0.15, 0.2) is 55.1 Å². The Balaban J connectivity index is 1.54. The molecule has 0 radical (unpaired) electrons. The second kappa shape index (κ2) is 8.58. The monoisotopic (exact) mass is 339 g/mol. The summed E-state index contributed by atoms with van der Waals surface area (Å²) in [5, 5.41) is 4.03. The first-order valence-corrected chi connectivity index (χ1v) is 8.78. The number of rotatable bonds is 5. The molecule has 1 fully saturated rings. The van der Waals surface area contributed by atoms with Crippen molar-refractivity contribution in [1.82, 2.24) is 24.6 Å². The van der Waals surface area contributed by atoms with E-state index < -0.39 is 0 Å². The third-order valence-electron chi connectivity index (χ3n) is 4.48. The highest BCUT2D eigenvalue weighted by Gasteiger charge is 2.24. The van der Waals surface area contributed by atoms with Gasteiger partial charge >= 0.3 is 0 Å². The molecule has 0 saturated carbocycles. The molecule has 6 heteroatoms. The Bertz CT molecular complexity index is 683. The maximum absolute atomic E-state index is 12.5. The van der Waals surface area contributed by atoms with Crippen LogP contribution in [-0.4, -0.2) is 56.1 Å². The molecular formula is C19H25N5O. The number of amides is 1. The normalized spacial score (nSPS) is 19.2. The number of aromatic nitrogens is 3. The minimum absolute atomic E-state index is 0.0779. The fourth-order valence-electron chi connectivity index (χ4n) is 3.25. The van der Waals surface area contributed by atoms with Crippen molar-refractivity contribution in [2.45, 2.75) is 32.5 Å². The topological polar surface area (TPSA) is 54.3 Å². The van der Waals surface area contributed by atoms with Gasteiger partial charge in [0, 0.05) is 38.3 Å². The van der Waals surface area contributed by atoms with Crippen LogP contribution < -0.4 is 0 Å². The Labute approximate surface area is 148 Å². The van der Waals surface area contributed by atoms with E-state index in [-0.39, 0.29) is 11.9 Å². The van der Waals surface area contributed by atoms with Crippen LogP contribution in [0, 0.1) is 0 Å². The Hall–Kier alpha value is -2.47. The van der Waals surface area contributed by atoms with E-state index in [2.05, 4.69) is 46.2 Å². The van der Waals surface area contributed by atoms with E-state index in [4.69, 9.17) is 0 Å². The summed E-state index contributed by atoms with van der Waals surface area (Å²) in [6, 6.07) is 10.7. The molecule has 1 saturated heterocycles. The van der Waals surface area contributed by atoms with Crippen LogP contribution in [0.25, 0.3) is 0 Å². The molecule has 6 nitrogen and oxygen atoms in total. The SMILES string of the molecule is CC1CN(Cc2ccccc2)CCCN1C(=O)C=CCn1cncn1. The Morgan fingerprint density at radius 2 is 2.12 bits per heavy atom. The number of hydrogen-bond acceptors (Lipinski definition) is 4. The second-order valence-electron chi connectivity index (χ2n) is 6.47. The summed E-state index contributed by atoms with van der Waals surface area (Å²) in [7, 11) is 0. The van der Waals surface area contributed by atoms with E-state index in [1.807, 2.05) is 17.0 Å². The summed E-state index contributed by atoms with van der Waals surface area (Å²) in [4.78, 5) is 20.8. The molecule has 2 heterocycles. The van der Waals surface area contributed by atoms with Crippen LogP contribution in [0.3, 0.4) is 0 Å². The van der Waals surface area contributed by atoms with Crippen LogP contribution in [0.4, 0.5) is 0 Å². The van der Waals surface area contributed by atoms with Crippen molar-refractivity contribution >= 4 is 5.91 Å². The molecule has 0 aliphatic carbocycles. The van der Waals surface area contributed by atoms with Gasteiger partial charge in [0.05, 0.1) is 6.54 Å². The first kappa shape index (κ1) is 17.4. The largest absolute Gasteiger partial charge is 0.335 e. The van der Waals surface area contributed by atoms with Gasteiger partial charge < -0.3 is 4.90 Å². The summed E-state index contributed by atoms with van der Waals surface area (Å²) < 4.78 is 1.69. The van der Waals surface area contributed by atoms with Crippen molar-refractivity contribution in [2.24, 2.45) is 0 Å². The highest BCUT2D eigenvalue weighted by molar-refractivity contribution is 5.87. The number of benzene rings is 1. The summed E-state index contributed by atoms with van der Waals surface area (Å²) in [5.74, 6) is 0.0779. The van der Waals surface area contributed by atoms with E-state index in [1.54, 1.807) is 17.1 Å². The Morgan fingerprint density at radius 3 is 2.88 bits per heavy atom. The zero-order valence-corrected chi connectivity index (χ0v) is 14.7. The van der Waals surface area contributed by atoms with E-state index in [0.29, 0.717) is 6.54 Å². The fraction of sp³-hybridized carbons (Fsp3) is 0.421. The lowest BCUT2D eigenvalue weighted by molar-refractivity contribution is -0.127. The van der Waals surface area contributed by atoms with Gasteiger partial charge in [0.15, 0.2) is 0 Å². The lowest BCUT2D eigenvalue weighted by Gasteiger charge is -2.28. The lowest BCUT2D eigenvalue weighted by atomic mass is 10.2. The fourth-order valence-corrected chi connectivity index (χ4v) is 3.25. The van der Waals surface area contributed by atoms with Crippen molar-refractivity contribution < 1.29 is 4.79 Å². The number of carbonyl (C=O) groups is 1. The molecule has 1 aliphatic rings. The predicted octanol–water partition coefficient (Wildman–Crippen LogP) is 1.96. The average Bonchev–Trinajstić information content (AvgIpc) is 3.05. The van der Waals surface area contributed by atoms with Gasteiger partial charge in [-0.15, -0.1) is 0 Å². The maximum Gasteiger partial charge on any atom is 0.246 e. The van der Waals surface area contributed by atoms with Crippen LogP contribution in [0.2, 0.25) is 0 Å². The predicted molar refractivity (Wildman–Crippen MR) is 96.7 cm³/mol. The highest BCUT2D eigenvalue weighted by Crippen LogP contribution is 2.13. The lowest BCUT2D eigenvalue weighted by Crippen LogP contribution is -2.41. The number of hydrogen-bond donors (Lipinski definition) is 0. The summed E-state index contributed by atoms with van der Waals surface area (Å²) >= 11 is 0. The van der Waals surface area contributed by atoms with E-state index >= 15 is 0 Å². The van der Waals surface area contributed by atoms with E-state index in [0.717, 1.165) is 32.6 Å². The summed E-state index contributed by atoms with van der Waals surface area (Å²) in [5.41, 5.74) is 1.32. The van der Waals surface area contributed by atoms with Gasteiger partial charge in [-0.25, -0.2) is 9.67 Å². The number of carbonyl (C=O) groups excluding carboxylic acids is 1. The molecule has 1 atom stereocenters. The second-order valence-corrected chi connectivity index (χ2v) is 6.47. The zero-order chi connectivity index (χ0) is 17.5. The van der Waals surface area contributed by atoms with Crippen LogP contribution in [0.5, 0.6) is 0 Å². The minimum Gasteiger partial charge on any atom is -0.335 e. The average molecular weight is 339 g/mol. The molecule has 1 aliphatic heterocycles. The van der Waals surface area contributed by atoms with Crippen molar-refractivity contribution in [2.75, 3.05) is 19.6 Å². The van der Waals surface area contributed by atoms with Gasteiger partial charge in [0.2, 0.25) is 5.91 Å². The van der Waals surface area contributed by atoms with E-state index in [9.17, 15) is 4.79 Å². The molecule has 1 unspecified atom stereocenters. The summed E-state index contributed by atoms with van der Waals surface area (Å²) in [6.07, 6.45) is 7.64.